The Bertz CT molecular complexity index is 773. The molecule has 1 aromatic rings. The highest BCUT2D eigenvalue weighted by molar-refractivity contribution is 8.02. The maximum atomic E-state index is 12.4. The van der Waals surface area contributed by atoms with Crippen LogP contribution in [0.4, 0.5) is 0 Å². The number of amides is 1. The number of sulfone groups is 1. The van der Waals surface area contributed by atoms with E-state index >= 15 is 0 Å². The smallest absolute Gasteiger partial charge is 0.339 e. The normalized spacial score (nSPS) is 22.2. The van der Waals surface area contributed by atoms with Crippen molar-refractivity contribution in [1.29, 1.82) is 0 Å². The monoisotopic (exact) mass is 399 g/mol. The lowest BCUT2D eigenvalue weighted by molar-refractivity contribution is -0.138. The minimum absolute atomic E-state index is 0.0658. The fourth-order valence-electron chi connectivity index (χ4n) is 2.88. The minimum Gasteiger partial charge on any atom is -0.452 e. The first-order valence-electron chi connectivity index (χ1n) is 8.43. The van der Waals surface area contributed by atoms with Crippen LogP contribution < -0.4 is 0 Å². The summed E-state index contributed by atoms with van der Waals surface area (Å²) in [7, 11) is -2.98. The van der Waals surface area contributed by atoms with E-state index in [0.717, 1.165) is 0 Å². The molecular formula is C17H21NO6S2. The molecule has 142 valence electrons. The molecule has 3 rings (SSSR count). The molecule has 2 aliphatic rings. The number of thioether (sulfide) groups is 1. The van der Waals surface area contributed by atoms with Gasteiger partial charge in [0, 0.05) is 23.2 Å². The number of carbonyl (C=O) groups is 2. The van der Waals surface area contributed by atoms with Gasteiger partial charge in [-0.05, 0) is 18.6 Å². The lowest BCUT2D eigenvalue weighted by atomic mass is 10.2. The molecule has 2 aliphatic heterocycles. The van der Waals surface area contributed by atoms with Crippen LogP contribution in [0.1, 0.15) is 16.8 Å². The number of esters is 1. The SMILES string of the molecule is O=C(OCC(=O)N1CCOCC1)c1ccccc1S[C@@H]1CCS(=O)(=O)C1. The van der Waals surface area contributed by atoms with Crippen LogP contribution in [0.15, 0.2) is 29.2 Å². The van der Waals surface area contributed by atoms with Gasteiger partial charge in [-0.1, -0.05) is 12.1 Å². The van der Waals surface area contributed by atoms with Crippen molar-refractivity contribution in [2.75, 3.05) is 44.4 Å². The van der Waals surface area contributed by atoms with Crippen molar-refractivity contribution in [2.45, 2.75) is 16.6 Å². The van der Waals surface area contributed by atoms with Crippen molar-refractivity contribution in [3.05, 3.63) is 29.8 Å². The number of carbonyl (C=O) groups excluding carboxylic acids is 2. The third-order valence-electron chi connectivity index (χ3n) is 4.28. The summed E-state index contributed by atoms with van der Waals surface area (Å²) in [6.45, 7) is 1.67. The molecule has 0 saturated carbocycles. The second-order valence-corrected chi connectivity index (χ2v) is 9.78. The lowest BCUT2D eigenvalue weighted by Crippen LogP contribution is -2.42. The fourth-order valence-corrected chi connectivity index (χ4v) is 6.50. The van der Waals surface area contributed by atoms with Gasteiger partial charge in [-0.25, -0.2) is 13.2 Å². The summed E-state index contributed by atoms with van der Waals surface area (Å²) in [5, 5.41) is -0.0658. The molecule has 0 spiro atoms. The summed E-state index contributed by atoms with van der Waals surface area (Å²) in [5.41, 5.74) is 0.358. The van der Waals surface area contributed by atoms with E-state index in [9.17, 15) is 18.0 Å². The van der Waals surface area contributed by atoms with E-state index in [1.807, 2.05) is 0 Å². The highest BCUT2D eigenvalue weighted by Crippen LogP contribution is 2.33. The van der Waals surface area contributed by atoms with Gasteiger partial charge in [0.2, 0.25) is 0 Å². The van der Waals surface area contributed by atoms with Crippen LogP contribution in [0.25, 0.3) is 0 Å². The van der Waals surface area contributed by atoms with Crippen molar-refractivity contribution >= 4 is 33.5 Å². The average molecular weight is 399 g/mol. The molecule has 1 amide bonds. The van der Waals surface area contributed by atoms with Gasteiger partial charge in [-0.3, -0.25) is 4.79 Å². The second kappa shape index (κ2) is 8.41. The van der Waals surface area contributed by atoms with Crippen molar-refractivity contribution in [1.82, 2.24) is 4.90 Å². The van der Waals surface area contributed by atoms with E-state index in [4.69, 9.17) is 9.47 Å². The molecule has 0 radical (unpaired) electrons. The van der Waals surface area contributed by atoms with E-state index < -0.39 is 15.8 Å². The third-order valence-corrected chi connectivity index (χ3v) is 7.61. The quantitative estimate of drug-likeness (QED) is 0.682. The molecule has 7 nitrogen and oxygen atoms in total. The van der Waals surface area contributed by atoms with E-state index in [-0.39, 0.29) is 29.3 Å². The van der Waals surface area contributed by atoms with Crippen LogP contribution in [0, 0.1) is 0 Å². The zero-order valence-electron chi connectivity index (χ0n) is 14.3. The number of rotatable bonds is 5. The zero-order chi connectivity index (χ0) is 18.6. The molecule has 9 heteroatoms. The molecule has 0 bridgehead atoms. The first kappa shape index (κ1) is 19.2. The van der Waals surface area contributed by atoms with Crippen LogP contribution in [0.5, 0.6) is 0 Å². The first-order valence-corrected chi connectivity index (χ1v) is 11.1. The predicted molar refractivity (Wildman–Crippen MR) is 97.0 cm³/mol. The maximum absolute atomic E-state index is 12.4. The summed E-state index contributed by atoms with van der Waals surface area (Å²) in [6, 6.07) is 6.92. The molecule has 2 heterocycles. The van der Waals surface area contributed by atoms with Gasteiger partial charge in [0.25, 0.3) is 5.91 Å². The number of ether oxygens (including phenoxy) is 2. The van der Waals surface area contributed by atoms with Gasteiger partial charge in [-0.2, -0.15) is 0 Å². The highest BCUT2D eigenvalue weighted by atomic mass is 32.2. The Labute approximate surface area is 156 Å². The zero-order valence-corrected chi connectivity index (χ0v) is 15.9. The largest absolute Gasteiger partial charge is 0.452 e. The Morgan fingerprint density at radius 1 is 1.23 bits per heavy atom. The first-order chi connectivity index (χ1) is 12.4. The molecule has 2 fully saturated rings. The van der Waals surface area contributed by atoms with Crippen molar-refractivity contribution < 1.29 is 27.5 Å². The molecule has 1 atom stereocenters. The van der Waals surface area contributed by atoms with E-state index in [2.05, 4.69) is 0 Å². The Balaban J connectivity index is 1.59. The predicted octanol–water partition coefficient (Wildman–Crippen LogP) is 0.981. The Morgan fingerprint density at radius 2 is 1.96 bits per heavy atom. The maximum Gasteiger partial charge on any atom is 0.339 e. The summed E-state index contributed by atoms with van der Waals surface area (Å²) < 4.78 is 33.6. The van der Waals surface area contributed by atoms with Gasteiger partial charge in [0.1, 0.15) is 0 Å². The van der Waals surface area contributed by atoms with Crippen molar-refractivity contribution in [2.24, 2.45) is 0 Å². The fraction of sp³-hybridized carbons (Fsp3) is 0.529. The topological polar surface area (TPSA) is 90.0 Å². The highest BCUT2D eigenvalue weighted by Gasteiger charge is 2.29. The second-order valence-electron chi connectivity index (χ2n) is 6.21. The van der Waals surface area contributed by atoms with Gasteiger partial charge < -0.3 is 14.4 Å². The average Bonchev–Trinajstić information content (AvgIpc) is 2.99. The molecule has 26 heavy (non-hydrogen) atoms. The lowest BCUT2D eigenvalue weighted by Gasteiger charge is -2.26. The Kier molecular flexibility index (Phi) is 6.20. The molecule has 0 N–H and O–H groups in total. The summed E-state index contributed by atoms with van der Waals surface area (Å²) in [5.74, 6) is -0.508. The van der Waals surface area contributed by atoms with E-state index in [0.29, 0.717) is 43.2 Å². The number of morpholine rings is 1. The van der Waals surface area contributed by atoms with Gasteiger partial charge in [0.15, 0.2) is 16.4 Å². The van der Waals surface area contributed by atoms with Crippen LogP contribution in [-0.2, 0) is 24.1 Å². The van der Waals surface area contributed by atoms with Crippen molar-refractivity contribution in [3.8, 4) is 0 Å². The van der Waals surface area contributed by atoms with Crippen LogP contribution in [0.3, 0.4) is 0 Å². The van der Waals surface area contributed by atoms with Crippen LogP contribution in [-0.4, -0.2) is 74.9 Å². The number of hydrogen-bond acceptors (Lipinski definition) is 7. The Morgan fingerprint density at radius 3 is 2.65 bits per heavy atom. The molecule has 0 aromatic heterocycles. The van der Waals surface area contributed by atoms with E-state index in [1.54, 1.807) is 29.2 Å². The number of benzene rings is 1. The molecular weight excluding hydrogens is 378 g/mol. The van der Waals surface area contributed by atoms with Gasteiger partial charge >= 0.3 is 5.97 Å². The molecule has 1 aromatic carbocycles. The summed E-state index contributed by atoms with van der Waals surface area (Å²) >= 11 is 1.38. The van der Waals surface area contributed by atoms with Crippen LogP contribution >= 0.6 is 11.8 Å². The molecule has 0 aliphatic carbocycles. The van der Waals surface area contributed by atoms with Gasteiger partial charge in [-0.15, -0.1) is 11.8 Å². The van der Waals surface area contributed by atoms with E-state index in [1.165, 1.54) is 11.8 Å². The third kappa shape index (κ3) is 4.99. The molecule has 0 unspecified atom stereocenters. The minimum atomic E-state index is -2.98. The van der Waals surface area contributed by atoms with Gasteiger partial charge in [0.05, 0.1) is 30.3 Å². The Hall–Kier alpha value is -1.58. The summed E-state index contributed by atoms with van der Waals surface area (Å²) in [4.78, 5) is 26.8. The van der Waals surface area contributed by atoms with Crippen LogP contribution in [0.2, 0.25) is 0 Å². The van der Waals surface area contributed by atoms with Crippen molar-refractivity contribution in [3.63, 3.8) is 0 Å². The standard InChI is InChI=1S/C17H21NO6S2/c19-16(18-6-8-23-9-7-18)11-24-17(20)14-3-1-2-4-15(14)25-13-5-10-26(21,22)12-13/h1-4,13H,5-12H2/t13-/m1/s1. The summed E-state index contributed by atoms with van der Waals surface area (Å²) in [6.07, 6.45) is 0.575. The number of hydrogen-bond donors (Lipinski definition) is 0. The molecule has 2 saturated heterocycles. The number of nitrogens with zero attached hydrogens (tertiary/aromatic N) is 1.